The Morgan fingerprint density at radius 2 is 1.81 bits per heavy atom. The van der Waals surface area contributed by atoms with Gasteiger partial charge in [-0.3, -0.25) is 9.59 Å². The van der Waals surface area contributed by atoms with Crippen LogP contribution in [0.1, 0.15) is 26.2 Å². The molecule has 0 spiro atoms. The number of piperidine rings is 1. The van der Waals surface area contributed by atoms with Crippen molar-refractivity contribution in [1.29, 1.82) is 0 Å². The van der Waals surface area contributed by atoms with Crippen LogP contribution >= 0.6 is 12.4 Å². The fourth-order valence-electron chi connectivity index (χ4n) is 3.91. The van der Waals surface area contributed by atoms with Crippen LogP contribution in [0.3, 0.4) is 0 Å². The monoisotopic (exact) mass is 415 g/mol. The Bertz CT molecular complexity index is 794. The van der Waals surface area contributed by atoms with Gasteiger partial charge in [-0.2, -0.15) is 0 Å². The van der Waals surface area contributed by atoms with Gasteiger partial charge in [-0.15, -0.1) is 12.4 Å². The highest BCUT2D eigenvalue weighted by Gasteiger charge is 2.50. The molecule has 27 heavy (non-hydrogen) atoms. The van der Waals surface area contributed by atoms with Crippen LogP contribution in [0, 0.1) is 0 Å². The summed E-state index contributed by atoms with van der Waals surface area (Å²) >= 11 is 0. The molecule has 0 radical (unpaired) electrons. The van der Waals surface area contributed by atoms with Gasteiger partial charge in [0, 0.05) is 18.0 Å². The van der Waals surface area contributed by atoms with Gasteiger partial charge in [0.15, 0.2) is 14.6 Å². The third-order valence-electron chi connectivity index (χ3n) is 5.43. The quantitative estimate of drug-likeness (QED) is 0.761. The topological polar surface area (TPSA) is 95.6 Å². The number of hydrogen-bond donors (Lipinski definition) is 2. The van der Waals surface area contributed by atoms with Crippen molar-refractivity contribution in [3.05, 3.63) is 30.3 Å². The third-order valence-corrected chi connectivity index (χ3v) is 7.44. The van der Waals surface area contributed by atoms with Crippen LogP contribution in [0.2, 0.25) is 0 Å². The molecule has 2 saturated heterocycles. The summed E-state index contributed by atoms with van der Waals surface area (Å²) in [6.45, 7) is 2.85. The van der Waals surface area contributed by atoms with Crippen LogP contribution < -0.4 is 15.5 Å². The Labute approximate surface area is 166 Å². The molecule has 7 nitrogen and oxygen atoms in total. The highest BCUT2D eigenvalue weighted by molar-refractivity contribution is 7.92. The van der Waals surface area contributed by atoms with Crippen LogP contribution in [-0.4, -0.2) is 56.4 Å². The number of amides is 2. The van der Waals surface area contributed by atoms with Gasteiger partial charge in [0.05, 0.1) is 0 Å². The highest BCUT2D eigenvalue weighted by atomic mass is 35.5. The van der Waals surface area contributed by atoms with E-state index in [0.717, 1.165) is 11.9 Å². The lowest BCUT2D eigenvalue weighted by Gasteiger charge is -2.35. The van der Waals surface area contributed by atoms with Crippen molar-refractivity contribution in [2.75, 3.05) is 24.2 Å². The van der Waals surface area contributed by atoms with E-state index in [9.17, 15) is 18.0 Å². The number of carbonyl (C=O) groups is 2. The number of nitrogens with zero attached hydrogens (tertiary/aromatic N) is 1. The van der Waals surface area contributed by atoms with Crippen LogP contribution in [0.4, 0.5) is 5.69 Å². The van der Waals surface area contributed by atoms with E-state index >= 15 is 0 Å². The molecule has 2 heterocycles. The Hall–Kier alpha value is -1.64. The first-order chi connectivity index (χ1) is 12.3. The standard InChI is InChI=1S/C18H25N3O4S.ClH/c1-13-12-15(16(22)21(13)14-6-4-3-5-7-14)20-17(23)18(26(2,24)25)8-10-19-11-9-18;/h3-7,13,15,19H,8-12H2,1-2H3,(H,20,23);1H. The molecule has 2 atom stereocenters. The predicted molar refractivity (Wildman–Crippen MR) is 107 cm³/mol. The third kappa shape index (κ3) is 3.97. The number of hydrogen-bond acceptors (Lipinski definition) is 5. The second-order valence-electron chi connectivity index (χ2n) is 7.17. The molecule has 2 N–H and O–H groups in total. The number of anilines is 1. The molecular weight excluding hydrogens is 390 g/mol. The molecule has 2 unspecified atom stereocenters. The Kier molecular flexibility index (Phi) is 6.55. The summed E-state index contributed by atoms with van der Waals surface area (Å²) in [4.78, 5) is 27.4. The summed E-state index contributed by atoms with van der Waals surface area (Å²) in [7, 11) is -3.60. The zero-order chi connectivity index (χ0) is 18.9. The summed E-state index contributed by atoms with van der Waals surface area (Å²) in [5, 5.41) is 5.82. The maximum absolute atomic E-state index is 12.9. The minimum atomic E-state index is -3.60. The average molecular weight is 416 g/mol. The Morgan fingerprint density at radius 1 is 1.22 bits per heavy atom. The van der Waals surface area contributed by atoms with Gasteiger partial charge >= 0.3 is 0 Å². The maximum atomic E-state index is 12.9. The first kappa shape index (κ1) is 21.7. The molecule has 0 bridgehead atoms. The van der Waals surface area contributed by atoms with Crippen molar-refractivity contribution in [2.24, 2.45) is 0 Å². The molecule has 150 valence electrons. The minimum absolute atomic E-state index is 0. The minimum Gasteiger partial charge on any atom is -0.343 e. The number of para-hydroxylation sites is 1. The molecule has 1 aromatic rings. The van der Waals surface area contributed by atoms with E-state index in [2.05, 4.69) is 10.6 Å². The normalized spacial score (nSPS) is 25.0. The smallest absolute Gasteiger partial charge is 0.249 e. The summed E-state index contributed by atoms with van der Waals surface area (Å²) in [5.41, 5.74) is 0.779. The number of rotatable bonds is 4. The second-order valence-corrected chi connectivity index (χ2v) is 9.50. The molecule has 0 saturated carbocycles. The zero-order valence-corrected chi connectivity index (χ0v) is 17.1. The van der Waals surface area contributed by atoms with Gasteiger partial charge in [0.25, 0.3) is 0 Å². The zero-order valence-electron chi connectivity index (χ0n) is 15.5. The van der Waals surface area contributed by atoms with Crippen molar-refractivity contribution in [3.63, 3.8) is 0 Å². The number of nitrogens with one attached hydrogen (secondary N) is 2. The van der Waals surface area contributed by atoms with E-state index in [4.69, 9.17) is 0 Å². The van der Waals surface area contributed by atoms with Crippen molar-refractivity contribution in [3.8, 4) is 0 Å². The molecule has 2 amide bonds. The van der Waals surface area contributed by atoms with E-state index < -0.39 is 26.5 Å². The largest absolute Gasteiger partial charge is 0.343 e. The molecule has 3 rings (SSSR count). The van der Waals surface area contributed by atoms with E-state index in [-0.39, 0.29) is 37.2 Å². The van der Waals surface area contributed by atoms with E-state index in [1.807, 2.05) is 37.3 Å². The van der Waals surface area contributed by atoms with Crippen molar-refractivity contribution in [1.82, 2.24) is 10.6 Å². The Morgan fingerprint density at radius 3 is 2.37 bits per heavy atom. The first-order valence-electron chi connectivity index (χ1n) is 8.86. The van der Waals surface area contributed by atoms with Gasteiger partial charge in [0.2, 0.25) is 11.8 Å². The number of sulfone groups is 1. The summed E-state index contributed by atoms with van der Waals surface area (Å²) < 4.78 is 23.3. The first-order valence-corrected chi connectivity index (χ1v) is 10.7. The van der Waals surface area contributed by atoms with Crippen LogP contribution in [0.15, 0.2) is 30.3 Å². The van der Waals surface area contributed by atoms with E-state index in [0.29, 0.717) is 19.5 Å². The van der Waals surface area contributed by atoms with Crippen LogP contribution in [0.25, 0.3) is 0 Å². The molecule has 0 aromatic heterocycles. The molecule has 2 aliphatic rings. The van der Waals surface area contributed by atoms with Crippen molar-refractivity contribution >= 4 is 39.7 Å². The van der Waals surface area contributed by atoms with Crippen LogP contribution in [0.5, 0.6) is 0 Å². The Balaban J connectivity index is 0.00000261. The van der Waals surface area contributed by atoms with Gasteiger partial charge in [-0.1, -0.05) is 18.2 Å². The predicted octanol–water partition coefficient (Wildman–Crippen LogP) is 0.885. The molecule has 0 aliphatic carbocycles. The van der Waals surface area contributed by atoms with Gasteiger partial charge in [-0.25, -0.2) is 8.42 Å². The number of halogens is 1. The van der Waals surface area contributed by atoms with E-state index in [1.165, 1.54) is 0 Å². The van der Waals surface area contributed by atoms with Gasteiger partial charge < -0.3 is 15.5 Å². The molecule has 2 aliphatic heterocycles. The highest BCUT2D eigenvalue weighted by Crippen LogP contribution is 2.30. The summed E-state index contributed by atoms with van der Waals surface area (Å²) in [6.07, 6.45) is 2.00. The number of carbonyl (C=O) groups excluding carboxylic acids is 2. The summed E-state index contributed by atoms with van der Waals surface area (Å²) in [5.74, 6) is -0.753. The lowest BCUT2D eigenvalue weighted by atomic mass is 9.95. The van der Waals surface area contributed by atoms with Gasteiger partial charge in [-0.05, 0) is 51.4 Å². The molecule has 2 fully saturated rings. The fraction of sp³-hybridized carbons (Fsp3) is 0.556. The molecule has 1 aromatic carbocycles. The SMILES string of the molecule is CC1CC(NC(=O)C2(S(C)(=O)=O)CCNCC2)C(=O)N1c1ccccc1.Cl. The van der Waals surface area contributed by atoms with Crippen molar-refractivity contribution < 1.29 is 18.0 Å². The second kappa shape index (κ2) is 8.16. The maximum Gasteiger partial charge on any atom is 0.249 e. The lowest BCUT2D eigenvalue weighted by molar-refractivity contribution is -0.128. The summed E-state index contributed by atoms with van der Waals surface area (Å²) in [6, 6.07) is 8.51. The number of benzene rings is 1. The van der Waals surface area contributed by atoms with E-state index in [1.54, 1.807) is 4.90 Å². The molecule has 9 heteroatoms. The lowest BCUT2D eigenvalue weighted by Crippen LogP contribution is -2.59. The molecular formula is C18H26ClN3O4S. The average Bonchev–Trinajstić information content (AvgIpc) is 2.89. The van der Waals surface area contributed by atoms with Crippen molar-refractivity contribution in [2.45, 2.75) is 43.0 Å². The van der Waals surface area contributed by atoms with Gasteiger partial charge in [0.1, 0.15) is 6.04 Å². The fourth-order valence-corrected chi connectivity index (χ4v) is 5.25. The van der Waals surface area contributed by atoms with Crippen LogP contribution in [-0.2, 0) is 19.4 Å².